The molecule has 1 aliphatic heterocycles. The van der Waals surface area contributed by atoms with E-state index in [1.54, 1.807) is 12.4 Å². The van der Waals surface area contributed by atoms with Crippen LogP contribution in [0.2, 0.25) is 10.0 Å². The molecule has 0 aliphatic carbocycles. The molecule has 5 rings (SSSR count). The van der Waals surface area contributed by atoms with Gasteiger partial charge in [-0.15, -0.1) is 0 Å². The van der Waals surface area contributed by atoms with E-state index >= 15 is 0 Å². The molecule has 3 aromatic heterocycles. The molecule has 0 saturated carbocycles. The highest BCUT2D eigenvalue weighted by Gasteiger charge is 2.23. The number of hydrogen-bond acceptors (Lipinski definition) is 5. The summed E-state index contributed by atoms with van der Waals surface area (Å²) < 4.78 is 0. The lowest BCUT2D eigenvalue weighted by molar-refractivity contribution is 0.250. The Labute approximate surface area is 184 Å². The number of fused-ring (bicyclic) bond motifs is 1. The molecule has 1 aliphatic rings. The molecule has 9 heteroatoms. The summed E-state index contributed by atoms with van der Waals surface area (Å²) in [5.41, 5.74) is 5.65. The summed E-state index contributed by atoms with van der Waals surface area (Å²) in [7, 11) is 0. The fourth-order valence-corrected chi connectivity index (χ4v) is 4.31. The van der Waals surface area contributed by atoms with Crippen molar-refractivity contribution in [1.29, 1.82) is 0 Å². The van der Waals surface area contributed by atoms with Crippen LogP contribution in [0.1, 0.15) is 11.3 Å². The fourth-order valence-electron chi connectivity index (χ4n) is 3.92. The minimum Gasteiger partial charge on any atom is -0.366 e. The number of H-pyrrole nitrogens is 2. The number of nitrogens with zero attached hydrogens (tertiary/aromatic N) is 5. The van der Waals surface area contributed by atoms with Gasteiger partial charge in [0, 0.05) is 43.4 Å². The van der Waals surface area contributed by atoms with E-state index in [2.05, 4.69) is 47.1 Å². The van der Waals surface area contributed by atoms with Crippen LogP contribution in [0.25, 0.3) is 22.6 Å². The first kappa shape index (κ1) is 19.4. The highest BCUT2D eigenvalue weighted by Crippen LogP contribution is 2.34. The van der Waals surface area contributed by atoms with Crippen molar-refractivity contribution in [2.75, 3.05) is 31.1 Å². The normalized spacial score (nSPS) is 15.2. The Morgan fingerprint density at radius 1 is 1.03 bits per heavy atom. The van der Waals surface area contributed by atoms with E-state index in [4.69, 9.17) is 23.2 Å². The molecule has 0 radical (unpaired) electrons. The number of imidazole rings is 1. The van der Waals surface area contributed by atoms with Crippen LogP contribution in [0.3, 0.4) is 0 Å². The van der Waals surface area contributed by atoms with E-state index < -0.39 is 0 Å². The zero-order valence-corrected chi connectivity index (χ0v) is 18.0. The van der Waals surface area contributed by atoms with Crippen molar-refractivity contribution in [3.63, 3.8) is 0 Å². The van der Waals surface area contributed by atoms with Gasteiger partial charge in [0.15, 0.2) is 5.65 Å². The summed E-state index contributed by atoms with van der Waals surface area (Å²) in [5, 5.41) is 8.44. The molecule has 0 bridgehead atoms. The first-order valence-corrected chi connectivity index (χ1v) is 10.6. The Balaban J connectivity index is 1.37. The van der Waals surface area contributed by atoms with E-state index in [9.17, 15) is 0 Å². The average Bonchev–Trinajstić information content (AvgIpc) is 3.36. The van der Waals surface area contributed by atoms with Crippen LogP contribution in [0.15, 0.2) is 36.7 Å². The summed E-state index contributed by atoms with van der Waals surface area (Å²) in [4.78, 5) is 17.3. The molecule has 0 atom stereocenters. The van der Waals surface area contributed by atoms with Crippen LogP contribution in [-0.4, -0.2) is 56.2 Å². The second-order valence-corrected chi connectivity index (χ2v) is 8.38. The van der Waals surface area contributed by atoms with Gasteiger partial charge in [-0.25, -0.2) is 9.97 Å². The first-order chi connectivity index (χ1) is 14.6. The van der Waals surface area contributed by atoms with Crippen LogP contribution in [0, 0.1) is 6.92 Å². The zero-order valence-electron chi connectivity index (χ0n) is 16.5. The molecule has 7 nitrogen and oxygen atoms in total. The molecule has 4 aromatic rings. The smallest absolute Gasteiger partial charge is 0.180 e. The molecule has 0 unspecified atom stereocenters. The molecule has 0 amide bonds. The number of nitrogens with one attached hydrogen (secondary N) is 2. The monoisotopic (exact) mass is 441 g/mol. The molecule has 154 valence electrons. The third-order valence-electron chi connectivity index (χ3n) is 5.54. The van der Waals surface area contributed by atoms with Crippen molar-refractivity contribution in [2.24, 2.45) is 0 Å². The molecular weight excluding hydrogens is 421 g/mol. The molecule has 4 heterocycles. The average molecular weight is 442 g/mol. The number of aromatic amines is 2. The maximum atomic E-state index is 6.59. The van der Waals surface area contributed by atoms with Gasteiger partial charge in [-0.05, 0) is 24.6 Å². The summed E-state index contributed by atoms with van der Waals surface area (Å²) in [6.07, 6.45) is 3.45. The second kappa shape index (κ2) is 7.91. The van der Waals surface area contributed by atoms with Crippen LogP contribution in [0.5, 0.6) is 0 Å². The molecule has 0 spiro atoms. The van der Waals surface area contributed by atoms with Crippen molar-refractivity contribution in [1.82, 2.24) is 30.0 Å². The minimum absolute atomic E-state index is 0.632. The van der Waals surface area contributed by atoms with Crippen molar-refractivity contribution < 1.29 is 0 Å². The van der Waals surface area contributed by atoms with Crippen LogP contribution in [0.4, 0.5) is 5.69 Å². The van der Waals surface area contributed by atoms with Gasteiger partial charge in [-0.2, -0.15) is 5.10 Å². The van der Waals surface area contributed by atoms with E-state index in [0.29, 0.717) is 10.7 Å². The molecular formula is C21H21Cl2N7. The number of anilines is 1. The van der Waals surface area contributed by atoms with Crippen molar-refractivity contribution >= 4 is 40.1 Å². The van der Waals surface area contributed by atoms with Crippen molar-refractivity contribution in [3.05, 3.63) is 58.0 Å². The van der Waals surface area contributed by atoms with Gasteiger partial charge in [0.25, 0.3) is 0 Å². The number of hydrogen-bond donors (Lipinski definition) is 2. The number of benzene rings is 1. The number of aryl methyl sites for hydroxylation is 1. The van der Waals surface area contributed by atoms with Crippen molar-refractivity contribution in [2.45, 2.75) is 13.5 Å². The summed E-state index contributed by atoms with van der Waals surface area (Å²) in [6, 6.07) is 8.06. The lowest BCUT2D eigenvalue weighted by atomic mass is 10.2. The Morgan fingerprint density at radius 2 is 1.80 bits per heavy atom. The first-order valence-electron chi connectivity index (χ1n) is 9.85. The fraction of sp³-hybridized carbons (Fsp3) is 0.286. The Bertz CT molecular complexity index is 1170. The number of halogens is 2. The Kier molecular flexibility index (Phi) is 5.10. The molecule has 1 fully saturated rings. The quantitative estimate of drug-likeness (QED) is 0.493. The van der Waals surface area contributed by atoms with E-state index in [-0.39, 0.29) is 0 Å². The number of pyridine rings is 1. The Morgan fingerprint density at radius 3 is 2.50 bits per heavy atom. The summed E-state index contributed by atoms with van der Waals surface area (Å²) >= 11 is 12.6. The van der Waals surface area contributed by atoms with Gasteiger partial charge in [0.05, 0.1) is 28.7 Å². The minimum atomic E-state index is 0.632. The SMILES string of the molecule is Cc1[nH]ncc1-c1nc2ncc(Cl)c(N3CCN(Cc4ccc(Cl)cc4)CC3)c2[nH]1. The summed E-state index contributed by atoms with van der Waals surface area (Å²) in [5.74, 6) is 0.744. The topological polar surface area (TPSA) is 76.7 Å². The summed E-state index contributed by atoms with van der Waals surface area (Å²) in [6.45, 7) is 6.54. The maximum Gasteiger partial charge on any atom is 0.180 e. The van der Waals surface area contributed by atoms with Gasteiger partial charge in [-0.1, -0.05) is 35.3 Å². The van der Waals surface area contributed by atoms with Gasteiger partial charge in [0.2, 0.25) is 0 Å². The Hall–Kier alpha value is -2.61. The van der Waals surface area contributed by atoms with Gasteiger partial charge < -0.3 is 9.88 Å². The van der Waals surface area contributed by atoms with Gasteiger partial charge >= 0.3 is 0 Å². The van der Waals surface area contributed by atoms with Crippen LogP contribution < -0.4 is 4.90 Å². The molecule has 2 N–H and O–H groups in total. The van der Waals surface area contributed by atoms with E-state index in [0.717, 1.165) is 66.0 Å². The zero-order chi connectivity index (χ0) is 20.7. The standard InChI is InChI=1S/C21H21Cl2N7/c1-13-16(10-25-28-13)20-26-18-19(17(23)11-24-21(18)27-20)30-8-6-29(7-9-30)12-14-2-4-15(22)5-3-14/h2-5,10-11H,6-9,12H2,1H3,(H,25,28)(H,24,26,27). The van der Waals surface area contributed by atoms with Gasteiger partial charge in [0.1, 0.15) is 11.3 Å². The number of aromatic nitrogens is 5. The maximum absolute atomic E-state index is 6.59. The van der Waals surface area contributed by atoms with E-state index in [1.165, 1.54) is 5.56 Å². The van der Waals surface area contributed by atoms with Gasteiger partial charge in [-0.3, -0.25) is 10.00 Å². The number of rotatable bonds is 4. The molecule has 1 saturated heterocycles. The lowest BCUT2D eigenvalue weighted by Crippen LogP contribution is -2.46. The van der Waals surface area contributed by atoms with E-state index in [1.807, 2.05) is 19.1 Å². The lowest BCUT2D eigenvalue weighted by Gasteiger charge is -2.36. The number of piperazine rings is 1. The van der Waals surface area contributed by atoms with Crippen LogP contribution >= 0.6 is 23.2 Å². The predicted molar refractivity (Wildman–Crippen MR) is 120 cm³/mol. The largest absolute Gasteiger partial charge is 0.366 e. The predicted octanol–water partition coefficient (Wildman–Crippen LogP) is 4.29. The highest BCUT2D eigenvalue weighted by atomic mass is 35.5. The third-order valence-corrected chi connectivity index (χ3v) is 6.07. The van der Waals surface area contributed by atoms with Crippen molar-refractivity contribution in [3.8, 4) is 11.4 Å². The molecule has 30 heavy (non-hydrogen) atoms. The third kappa shape index (κ3) is 3.64. The van der Waals surface area contributed by atoms with Crippen LogP contribution in [-0.2, 0) is 6.54 Å². The second-order valence-electron chi connectivity index (χ2n) is 7.54. The highest BCUT2D eigenvalue weighted by molar-refractivity contribution is 6.34. The molecule has 1 aromatic carbocycles.